The van der Waals surface area contributed by atoms with Gasteiger partial charge in [-0.25, -0.2) is 0 Å². The van der Waals surface area contributed by atoms with E-state index in [9.17, 15) is 4.79 Å². The summed E-state index contributed by atoms with van der Waals surface area (Å²) in [4.78, 5) is 17.5. The molecule has 3 aromatic rings. The maximum atomic E-state index is 12.7. The summed E-state index contributed by atoms with van der Waals surface area (Å²) in [6.07, 6.45) is 3.71. The molecule has 31 heavy (non-hydrogen) atoms. The number of aromatic nitrogens is 1. The molecule has 0 atom stereocenters. The van der Waals surface area contributed by atoms with E-state index in [1.54, 1.807) is 6.07 Å². The third-order valence-corrected chi connectivity index (χ3v) is 4.87. The van der Waals surface area contributed by atoms with Gasteiger partial charge in [0.1, 0.15) is 6.26 Å². The number of amides is 1. The molecule has 0 spiro atoms. The zero-order valence-corrected chi connectivity index (χ0v) is 19.6. The van der Waals surface area contributed by atoms with Gasteiger partial charge in [0, 0.05) is 24.3 Å². The highest BCUT2D eigenvalue weighted by Crippen LogP contribution is 2.36. The summed E-state index contributed by atoms with van der Waals surface area (Å²) in [5.74, 6) is 0.189. The van der Waals surface area contributed by atoms with Crippen LogP contribution < -0.4 is 16.8 Å². The second-order valence-electron chi connectivity index (χ2n) is 7.54. The Morgan fingerprint density at radius 2 is 1.77 bits per heavy atom. The molecular weight excluding hydrogens is 435 g/mol. The van der Waals surface area contributed by atoms with Gasteiger partial charge in [-0.3, -0.25) is 9.78 Å². The molecule has 6 nitrogen and oxygen atoms in total. The van der Waals surface area contributed by atoms with Crippen molar-refractivity contribution in [3.05, 3.63) is 70.9 Å². The van der Waals surface area contributed by atoms with Crippen molar-refractivity contribution in [1.82, 2.24) is 4.98 Å². The number of hydrogen-bond acceptors (Lipinski definition) is 5. The van der Waals surface area contributed by atoms with E-state index >= 15 is 0 Å². The zero-order valence-electron chi connectivity index (χ0n) is 18.0. The highest BCUT2D eigenvalue weighted by molar-refractivity contribution is 6.06. The predicted molar refractivity (Wildman–Crippen MR) is 130 cm³/mol. The van der Waals surface area contributed by atoms with E-state index in [0.29, 0.717) is 30.3 Å². The van der Waals surface area contributed by atoms with E-state index in [1.807, 2.05) is 31.2 Å². The van der Waals surface area contributed by atoms with Crippen molar-refractivity contribution in [3.63, 3.8) is 0 Å². The molecule has 0 aliphatic carbocycles. The molecule has 5 N–H and O–H groups in total. The van der Waals surface area contributed by atoms with E-state index in [2.05, 4.69) is 19.2 Å². The minimum atomic E-state index is -0.247. The number of nitrogens with one attached hydrogen (secondary N) is 1. The van der Waals surface area contributed by atoms with E-state index in [4.69, 9.17) is 20.9 Å². The molecule has 0 aliphatic heterocycles. The van der Waals surface area contributed by atoms with Crippen LogP contribution in [0.15, 0.2) is 47.3 Å². The van der Waals surface area contributed by atoms with Crippen molar-refractivity contribution < 1.29 is 9.21 Å². The first-order chi connectivity index (χ1) is 13.9. The van der Waals surface area contributed by atoms with Gasteiger partial charge >= 0.3 is 0 Å². The Kier molecular flexibility index (Phi) is 10.2. The van der Waals surface area contributed by atoms with Crippen LogP contribution in [0.1, 0.15) is 46.7 Å². The molecule has 1 aromatic carbocycles. The number of halogens is 2. The fourth-order valence-corrected chi connectivity index (χ4v) is 3.44. The van der Waals surface area contributed by atoms with Crippen molar-refractivity contribution in [2.24, 2.45) is 17.4 Å². The van der Waals surface area contributed by atoms with Gasteiger partial charge in [0.05, 0.1) is 23.2 Å². The molecular formula is C23H30Cl2N4O2. The molecule has 8 heteroatoms. The van der Waals surface area contributed by atoms with Gasteiger partial charge in [-0.2, -0.15) is 0 Å². The van der Waals surface area contributed by atoms with Gasteiger partial charge in [-0.1, -0.05) is 38.1 Å². The Bertz CT molecular complexity index is 988. The van der Waals surface area contributed by atoms with Crippen LogP contribution in [0, 0.1) is 12.8 Å². The average Bonchev–Trinajstić information content (AvgIpc) is 3.24. The molecule has 0 fully saturated rings. The molecule has 1 amide bonds. The maximum Gasteiger partial charge on any atom is 0.258 e. The standard InChI is InChI=1S/C23H28N4O2.2ClH/c1-14(2)10-20-19(12-25)21(17-6-4-16(11-24)5-7-17)22(15(3)26-20)27-23(28)18-8-9-29-13-18;;/h4-9,13-14H,10-12,24-25H2,1-3H3,(H,27,28);2*1H. The third kappa shape index (κ3) is 6.08. The predicted octanol–water partition coefficient (Wildman–Crippen LogP) is 4.86. The number of aryl methyl sites for hydroxylation is 1. The second-order valence-corrected chi connectivity index (χ2v) is 7.54. The lowest BCUT2D eigenvalue weighted by molar-refractivity contribution is 0.102. The number of carbonyl (C=O) groups excluding carboxylic acids is 1. The Morgan fingerprint density at radius 1 is 1.10 bits per heavy atom. The summed E-state index contributed by atoms with van der Waals surface area (Å²) in [5.41, 5.74) is 18.7. The fourth-order valence-electron chi connectivity index (χ4n) is 3.44. The monoisotopic (exact) mass is 464 g/mol. The van der Waals surface area contributed by atoms with Crippen molar-refractivity contribution in [1.29, 1.82) is 0 Å². The summed E-state index contributed by atoms with van der Waals surface area (Å²) in [5, 5.41) is 3.02. The normalized spacial score (nSPS) is 10.4. The summed E-state index contributed by atoms with van der Waals surface area (Å²) in [6, 6.07) is 9.65. The molecule has 0 radical (unpaired) electrons. The highest BCUT2D eigenvalue weighted by Gasteiger charge is 2.21. The van der Waals surface area contributed by atoms with Crippen LogP contribution >= 0.6 is 24.8 Å². The molecule has 0 aliphatic rings. The lowest BCUT2D eigenvalue weighted by Gasteiger charge is -2.21. The minimum Gasteiger partial charge on any atom is -0.472 e. The fraction of sp³-hybridized carbons (Fsp3) is 0.304. The van der Waals surface area contributed by atoms with Crippen LogP contribution in [0.2, 0.25) is 0 Å². The van der Waals surface area contributed by atoms with Crippen LogP contribution in [-0.2, 0) is 19.5 Å². The summed E-state index contributed by atoms with van der Waals surface area (Å²) < 4.78 is 5.04. The molecule has 2 heterocycles. The highest BCUT2D eigenvalue weighted by atomic mass is 35.5. The molecule has 0 saturated carbocycles. The van der Waals surface area contributed by atoms with Crippen molar-refractivity contribution in [2.45, 2.75) is 40.3 Å². The molecule has 0 bridgehead atoms. The Hall–Kier alpha value is -2.38. The van der Waals surface area contributed by atoms with Gasteiger partial charge in [0.2, 0.25) is 0 Å². The number of carbonyl (C=O) groups is 1. The quantitative estimate of drug-likeness (QED) is 0.462. The largest absolute Gasteiger partial charge is 0.472 e. The number of nitrogens with two attached hydrogens (primary N) is 2. The van der Waals surface area contributed by atoms with Gasteiger partial charge in [0.25, 0.3) is 5.91 Å². The SMILES string of the molecule is Cc1nc(CC(C)C)c(CN)c(-c2ccc(CN)cc2)c1NC(=O)c1ccoc1.Cl.Cl. The van der Waals surface area contributed by atoms with Gasteiger partial charge < -0.3 is 21.2 Å². The molecule has 0 unspecified atom stereocenters. The van der Waals surface area contributed by atoms with Crippen LogP contribution in [0.3, 0.4) is 0 Å². The van der Waals surface area contributed by atoms with Gasteiger partial charge in [-0.15, -0.1) is 24.8 Å². The first-order valence-electron chi connectivity index (χ1n) is 9.79. The van der Waals surface area contributed by atoms with E-state index in [1.165, 1.54) is 12.5 Å². The van der Waals surface area contributed by atoms with Crippen LogP contribution in [0.4, 0.5) is 5.69 Å². The number of anilines is 1. The molecule has 3 rings (SSSR count). The Labute approximate surface area is 195 Å². The number of benzene rings is 1. The lowest BCUT2D eigenvalue weighted by atomic mass is 9.92. The Balaban J connectivity index is 0.00000240. The Morgan fingerprint density at radius 3 is 2.29 bits per heavy atom. The van der Waals surface area contributed by atoms with Crippen LogP contribution in [0.5, 0.6) is 0 Å². The first kappa shape index (κ1) is 26.7. The van der Waals surface area contributed by atoms with E-state index in [-0.39, 0.29) is 30.7 Å². The number of hydrogen-bond donors (Lipinski definition) is 3. The first-order valence-corrected chi connectivity index (χ1v) is 9.79. The molecule has 168 valence electrons. The number of rotatable bonds is 7. The number of furan rings is 1. The summed E-state index contributed by atoms with van der Waals surface area (Å²) in [7, 11) is 0. The third-order valence-electron chi connectivity index (χ3n) is 4.87. The number of pyridine rings is 1. The van der Waals surface area contributed by atoms with E-state index < -0.39 is 0 Å². The number of nitrogens with zero attached hydrogens (tertiary/aromatic N) is 1. The second kappa shape index (κ2) is 11.9. The molecule has 2 aromatic heterocycles. The smallest absolute Gasteiger partial charge is 0.258 e. The van der Waals surface area contributed by atoms with Crippen molar-refractivity contribution >= 4 is 36.4 Å². The van der Waals surface area contributed by atoms with Crippen LogP contribution in [0.25, 0.3) is 11.1 Å². The van der Waals surface area contributed by atoms with Crippen LogP contribution in [-0.4, -0.2) is 10.9 Å². The lowest BCUT2D eigenvalue weighted by Crippen LogP contribution is -2.17. The zero-order chi connectivity index (χ0) is 21.0. The van der Waals surface area contributed by atoms with Crippen molar-refractivity contribution in [3.8, 4) is 11.1 Å². The van der Waals surface area contributed by atoms with Crippen molar-refractivity contribution in [2.75, 3.05) is 5.32 Å². The average molecular weight is 465 g/mol. The summed E-state index contributed by atoms with van der Waals surface area (Å²) in [6.45, 7) is 7.02. The molecule has 0 saturated heterocycles. The van der Waals surface area contributed by atoms with E-state index in [0.717, 1.165) is 40.1 Å². The van der Waals surface area contributed by atoms with Gasteiger partial charge in [0.15, 0.2) is 0 Å². The summed E-state index contributed by atoms with van der Waals surface area (Å²) >= 11 is 0. The van der Waals surface area contributed by atoms with Gasteiger partial charge in [-0.05, 0) is 42.0 Å². The maximum absolute atomic E-state index is 12.7. The topological polar surface area (TPSA) is 107 Å². The minimum absolute atomic E-state index is 0.